The van der Waals surface area contributed by atoms with Gasteiger partial charge in [0.15, 0.2) is 0 Å². The van der Waals surface area contributed by atoms with Crippen LogP contribution in [0.3, 0.4) is 0 Å². The number of aliphatic hydroxyl groups is 1. The number of aromatic nitrogens is 1. The van der Waals surface area contributed by atoms with Gasteiger partial charge in [0.05, 0.1) is 12.6 Å². The van der Waals surface area contributed by atoms with Crippen molar-refractivity contribution in [3.8, 4) is 0 Å². The molecule has 0 radical (unpaired) electrons. The van der Waals surface area contributed by atoms with Gasteiger partial charge in [-0.2, -0.15) is 0 Å². The van der Waals surface area contributed by atoms with Crippen LogP contribution in [0.15, 0.2) is 30.5 Å². The standard InChI is InChI=1S/C16H22N2O2/c1-4-11(2)14(10-19)17-16(20)13-6-5-12-7-8-18(3)15(12)9-13/h5-9,11,14,19H,4,10H2,1-3H3,(H,17,20). The first-order chi connectivity index (χ1) is 9.56. The van der Waals surface area contributed by atoms with Gasteiger partial charge in [-0.3, -0.25) is 4.79 Å². The molecule has 0 aliphatic rings. The summed E-state index contributed by atoms with van der Waals surface area (Å²) in [6, 6.07) is 7.48. The maximum absolute atomic E-state index is 12.3. The maximum Gasteiger partial charge on any atom is 0.251 e. The molecule has 0 spiro atoms. The van der Waals surface area contributed by atoms with Crippen molar-refractivity contribution in [1.29, 1.82) is 0 Å². The summed E-state index contributed by atoms with van der Waals surface area (Å²) < 4.78 is 1.99. The monoisotopic (exact) mass is 274 g/mol. The Morgan fingerprint density at radius 1 is 1.40 bits per heavy atom. The van der Waals surface area contributed by atoms with Gasteiger partial charge in [-0.25, -0.2) is 0 Å². The van der Waals surface area contributed by atoms with Crippen LogP contribution in [0.5, 0.6) is 0 Å². The Morgan fingerprint density at radius 3 is 2.80 bits per heavy atom. The number of hydrogen-bond acceptors (Lipinski definition) is 2. The minimum Gasteiger partial charge on any atom is -0.394 e. The van der Waals surface area contributed by atoms with Gasteiger partial charge in [-0.15, -0.1) is 0 Å². The maximum atomic E-state index is 12.3. The quantitative estimate of drug-likeness (QED) is 0.879. The molecule has 2 atom stereocenters. The highest BCUT2D eigenvalue weighted by molar-refractivity contribution is 5.98. The molecule has 1 heterocycles. The van der Waals surface area contributed by atoms with Crippen molar-refractivity contribution in [1.82, 2.24) is 9.88 Å². The van der Waals surface area contributed by atoms with Gasteiger partial charge in [0, 0.05) is 24.3 Å². The summed E-state index contributed by atoms with van der Waals surface area (Å²) in [4.78, 5) is 12.3. The summed E-state index contributed by atoms with van der Waals surface area (Å²) in [5.41, 5.74) is 1.66. The second-order valence-electron chi connectivity index (χ2n) is 5.35. The topological polar surface area (TPSA) is 54.3 Å². The van der Waals surface area contributed by atoms with E-state index in [2.05, 4.69) is 12.2 Å². The molecule has 20 heavy (non-hydrogen) atoms. The van der Waals surface area contributed by atoms with Crippen molar-refractivity contribution in [2.45, 2.75) is 26.3 Å². The number of nitrogens with zero attached hydrogens (tertiary/aromatic N) is 1. The van der Waals surface area contributed by atoms with E-state index < -0.39 is 0 Å². The second-order valence-corrected chi connectivity index (χ2v) is 5.35. The number of carbonyl (C=O) groups excluding carboxylic acids is 1. The minimum atomic E-state index is -0.198. The van der Waals surface area contributed by atoms with Crippen LogP contribution in [0.1, 0.15) is 30.6 Å². The zero-order valence-corrected chi connectivity index (χ0v) is 12.3. The van der Waals surface area contributed by atoms with Gasteiger partial charge in [-0.1, -0.05) is 26.3 Å². The van der Waals surface area contributed by atoms with E-state index in [0.29, 0.717) is 5.56 Å². The van der Waals surface area contributed by atoms with Crippen molar-refractivity contribution in [2.75, 3.05) is 6.61 Å². The lowest BCUT2D eigenvalue weighted by Crippen LogP contribution is -2.41. The third-order valence-electron chi connectivity index (χ3n) is 3.99. The van der Waals surface area contributed by atoms with Gasteiger partial charge >= 0.3 is 0 Å². The Labute approximate surface area is 119 Å². The average molecular weight is 274 g/mol. The lowest BCUT2D eigenvalue weighted by atomic mass is 9.99. The molecule has 0 bridgehead atoms. The predicted octanol–water partition coefficient (Wildman–Crippen LogP) is 2.32. The normalized spacial score (nSPS) is 14.2. The van der Waals surface area contributed by atoms with Crippen molar-refractivity contribution in [3.63, 3.8) is 0 Å². The smallest absolute Gasteiger partial charge is 0.251 e. The van der Waals surface area contributed by atoms with Crippen LogP contribution in [-0.2, 0) is 7.05 Å². The van der Waals surface area contributed by atoms with Crippen LogP contribution in [-0.4, -0.2) is 28.2 Å². The molecule has 4 nitrogen and oxygen atoms in total. The third-order valence-corrected chi connectivity index (χ3v) is 3.99. The summed E-state index contributed by atoms with van der Waals surface area (Å²) in [5, 5.41) is 13.4. The lowest BCUT2D eigenvalue weighted by Gasteiger charge is -2.22. The fourth-order valence-corrected chi connectivity index (χ4v) is 2.31. The number of aliphatic hydroxyl groups excluding tert-OH is 1. The molecule has 4 heteroatoms. The van der Waals surface area contributed by atoms with E-state index in [1.807, 2.05) is 49.0 Å². The lowest BCUT2D eigenvalue weighted by molar-refractivity contribution is 0.0891. The summed E-state index contributed by atoms with van der Waals surface area (Å²) in [7, 11) is 1.96. The van der Waals surface area contributed by atoms with E-state index in [9.17, 15) is 9.90 Å². The SMILES string of the molecule is CCC(C)C(CO)NC(=O)c1ccc2ccn(C)c2c1. The van der Waals surface area contributed by atoms with Crippen LogP contribution < -0.4 is 5.32 Å². The van der Waals surface area contributed by atoms with E-state index in [-0.39, 0.29) is 24.5 Å². The number of carbonyl (C=O) groups is 1. The molecule has 1 aromatic carbocycles. The van der Waals surface area contributed by atoms with Gasteiger partial charge in [0.1, 0.15) is 0 Å². The van der Waals surface area contributed by atoms with Gasteiger partial charge < -0.3 is 15.0 Å². The van der Waals surface area contributed by atoms with Crippen molar-refractivity contribution in [2.24, 2.45) is 13.0 Å². The first-order valence-electron chi connectivity index (χ1n) is 7.03. The average Bonchev–Trinajstić information content (AvgIpc) is 2.84. The summed E-state index contributed by atoms with van der Waals surface area (Å²) in [6.07, 6.45) is 2.89. The molecule has 0 saturated heterocycles. The molecular weight excluding hydrogens is 252 g/mol. The van der Waals surface area contributed by atoms with Crippen LogP contribution in [0, 0.1) is 5.92 Å². The van der Waals surface area contributed by atoms with Crippen LogP contribution >= 0.6 is 0 Å². The van der Waals surface area contributed by atoms with E-state index in [1.165, 1.54) is 0 Å². The molecule has 1 aromatic heterocycles. The van der Waals surface area contributed by atoms with E-state index in [1.54, 1.807) is 0 Å². The Kier molecular flexibility index (Phi) is 4.45. The number of nitrogens with one attached hydrogen (secondary N) is 1. The Hall–Kier alpha value is -1.81. The third kappa shape index (κ3) is 2.85. The Balaban J connectivity index is 2.20. The highest BCUT2D eigenvalue weighted by Crippen LogP contribution is 2.17. The van der Waals surface area contributed by atoms with Crippen LogP contribution in [0.2, 0.25) is 0 Å². The van der Waals surface area contributed by atoms with Crippen molar-refractivity contribution in [3.05, 3.63) is 36.0 Å². The van der Waals surface area contributed by atoms with Crippen LogP contribution in [0.25, 0.3) is 10.9 Å². The van der Waals surface area contributed by atoms with Gasteiger partial charge in [-0.05, 0) is 29.5 Å². The second kappa shape index (κ2) is 6.09. The number of rotatable bonds is 5. The molecule has 0 saturated carbocycles. The molecule has 2 aromatic rings. The largest absolute Gasteiger partial charge is 0.394 e. The molecule has 2 unspecified atom stereocenters. The summed E-state index contributed by atoms with van der Waals surface area (Å²) in [5.74, 6) is 0.121. The first-order valence-corrected chi connectivity index (χ1v) is 7.03. The Morgan fingerprint density at radius 2 is 2.15 bits per heavy atom. The van der Waals surface area contributed by atoms with Crippen LogP contribution in [0.4, 0.5) is 0 Å². The molecule has 1 amide bonds. The van der Waals surface area contributed by atoms with Gasteiger partial charge in [0.2, 0.25) is 0 Å². The number of amides is 1. The number of fused-ring (bicyclic) bond motifs is 1. The minimum absolute atomic E-state index is 0.0346. The highest BCUT2D eigenvalue weighted by atomic mass is 16.3. The zero-order valence-electron chi connectivity index (χ0n) is 12.3. The zero-order chi connectivity index (χ0) is 14.7. The van der Waals surface area contributed by atoms with Crippen molar-refractivity contribution >= 4 is 16.8 Å². The summed E-state index contributed by atoms with van der Waals surface area (Å²) in [6.45, 7) is 4.05. The molecule has 0 aliphatic heterocycles. The first kappa shape index (κ1) is 14.6. The van der Waals surface area contributed by atoms with Gasteiger partial charge in [0.25, 0.3) is 5.91 Å². The highest BCUT2D eigenvalue weighted by Gasteiger charge is 2.18. The predicted molar refractivity (Wildman–Crippen MR) is 80.7 cm³/mol. The molecular formula is C16H22N2O2. The molecule has 2 N–H and O–H groups in total. The molecule has 0 aliphatic carbocycles. The van der Waals surface area contributed by atoms with E-state index in [0.717, 1.165) is 17.3 Å². The summed E-state index contributed by atoms with van der Waals surface area (Å²) >= 11 is 0. The fraction of sp³-hybridized carbons (Fsp3) is 0.438. The molecule has 0 fully saturated rings. The number of hydrogen-bond donors (Lipinski definition) is 2. The Bertz CT molecular complexity index is 604. The van der Waals surface area contributed by atoms with E-state index in [4.69, 9.17) is 0 Å². The van der Waals surface area contributed by atoms with Crippen molar-refractivity contribution < 1.29 is 9.90 Å². The molecule has 2 rings (SSSR count). The molecule has 108 valence electrons. The fourth-order valence-electron chi connectivity index (χ4n) is 2.31. The van der Waals surface area contributed by atoms with E-state index >= 15 is 0 Å². The number of benzene rings is 1. The number of aryl methyl sites for hydroxylation is 1.